The molecule has 1 aromatic carbocycles. The fourth-order valence-corrected chi connectivity index (χ4v) is 8.59. The van der Waals surface area contributed by atoms with Crippen LogP contribution in [0.2, 0.25) is 0 Å². The standard InChI is InChI=1S/C22H25N3O2S4/c26-31(27,20-6-3-12-29-20)23-14-15-7-9-16(10-8-15)24-22-25-21-17-4-1-2-5-18(17)28-13-11-19(21)30-22/h1-6,12,15-16,23H,7-11,13-14H2,(H,24,25)/t15-,16-. The molecule has 2 aliphatic rings. The number of hydrogen-bond donors (Lipinski definition) is 2. The average Bonchev–Trinajstić information content (AvgIpc) is 3.42. The molecule has 1 saturated carbocycles. The highest BCUT2D eigenvalue weighted by Gasteiger charge is 2.25. The molecule has 2 N–H and O–H groups in total. The SMILES string of the molecule is O=S(=O)(NC[C@H]1CC[C@H](Nc2nc3c(s2)CCSc2ccccc2-3)CC1)c1cccs1. The van der Waals surface area contributed by atoms with E-state index in [4.69, 9.17) is 4.98 Å². The van der Waals surface area contributed by atoms with E-state index in [2.05, 4.69) is 34.3 Å². The van der Waals surface area contributed by atoms with Crippen molar-refractivity contribution in [2.45, 2.75) is 47.3 Å². The van der Waals surface area contributed by atoms with E-state index in [1.165, 1.54) is 26.7 Å². The van der Waals surface area contributed by atoms with Gasteiger partial charge >= 0.3 is 0 Å². The van der Waals surface area contributed by atoms with Crippen LogP contribution in [0.15, 0.2) is 50.9 Å². The van der Waals surface area contributed by atoms with Gasteiger partial charge in [-0.2, -0.15) is 0 Å². The number of nitrogens with zero attached hydrogens (tertiary/aromatic N) is 1. The molecule has 5 nitrogen and oxygen atoms in total. The summed E-state index contributed by atoms with van der Waals surface area (Å²) in [7, 11) is -3.36. The van der Waals surface area contributed by atoms with E-state index in [0.29, 0.717) is 22.7 Å². The lowest BCUT2D eigenvalue weighted by molar-refractivity contribution is 0.337. The van der Waals surface area contributed by atoms with Gasteiger partial charge in [0.2, 0.25) is 10.0 Å². The first-order valence-corrected chi connectivity index (χ1v) is 14.8. The predicted octanol–water partition coefficient (Wildman–Crippen LogP) is 5.47. The molecule has 0 spiro atoms. The minimum absolute atomic E-state index is 0.393. The molecule has 3 aromatic rings. The second kappa shape index (κ2) is 9.23. The number of nitrogens with one attached hydrogen (secondary N) is 2. The van der Waals surface area contributed by atoms with Gasteiger partial charge in [-0.1, -0.05) is 24.3 Å². The van der Waals surface area contributed by atoms with Gasteiger partial charge in [0.1, 0.15) is 4.21 Å². The summed E-state index contributed by atoms with van der Waals surface area (Å²) in [5.41, 5.74) is 2.40. The van der Waals surface area contributed by atoms with Gasteiger partial charge < -0.3 is 5.32 Å². The van der Waals surface area contributed by atoms with E-state index < -0.39 is 10.0 Å². The van der Waals surface area contributed by atoms with Crippen molar-refractivity contribution in [1.82, 2.24) is 9.71 Å². The molecule has 0 bridgehead atoms. The van der Waals surface area contributed by atoms with Crippen LogP contribution in [-0.4, -0.2) is 31.7 Å². The molecule has 0 unspecified atom stereocenters. The number of thioether (sulfide) groups is 1. The summed E-state index contributed by atoms with van der Waals surface area (Å²) in [6.45, 7) is 0.521. The van der Waals surface area contributed by atoms with Crippen molar-refractivity contribution >= 4 is 49.6 Å². The van der Waals surface area contributed by atoms with E-state index in [-0.39, 0.29) is 0 Å². The molecule has 1 fully saturated rings. The lowest BCUT2D eigenvalue weighted by atomic mass is 9.86. The maximum atomic E-state index is 12.3. The molecule has 3 heterocycles. The van der Waals surface area contributed by atoms with Gasteiger partial charge in [-0.25, -0.2) is 18.1 Å². The van der Waals surface area contributed by atoms with E-state index in [1.807, 2.05) is 11.8 Å². The predicted molar refractivity (Wildman–Crippen MR) is 131 cm³/mol. The van der Waals surface area contributed by atoms with Crippen LogP contribution in [0.25, 0.3) is 11.3 Å². The Morgan fingerprint density at radius 3 is 2.71 bits per heavy atom. The van der Waals surface area contributed by atoms with E-state index in [1.54, 1.807) is 28.8 Å². The molecule has 9 heteroatoms. The van der Waals surface area contributed by atoms with Gasteiger partial charge in [0, 0.05) is 33.7 Å². The Balaban J connectivity index is 1.17. The average molecular weight is 492 g/mol. The Morgan fingerprint density at radius 1 is 1.06 bits per heavy atom. The Bertz CT molecular complexity index is 1130. The highest BCUT2D eigenvalue weighted by Crippen LogP contribution is 2.41. The van der Waals surface area contributed by atoms with Crippen molar-refractivity contribution in [2.24, 2.45) is 5.92 Å². The summed E-state index contributed by atoms with van der Waals surface area (Å²) in [6, 6.07) is 12.4. The highest BCUT2D eigenvalue weighted by atomic mass is 32.2. The van der Waals surface area contributed by atoms with Crippen LogP contribution in [0, 0.1) is 5.92 Å². The quantitative estimate of drug-likeness (QED) is 0.478. The molecule has 0 saturated heterocycles. The van der Waals surface area contributed by atoms with Gasteiger partial charge in [-0.15, -0.1) is 34.4 Å². The van der Waals surface area contributed by atoms with Crippen LogP contribution in [0.1, 0.15) is 30.6 Å². The molecule has 1 aliphatic carbocycles. The third kappa shape index (κ3) is 4.85. The fourth-order valence-electron chi connectivity index (χ4n) is 4.24. The lowest BCUT2D eigenvalue weighted by Gasteiger charge is -2.29. The maximum Gasteiger partial charge on any atom is 0.250 e. The monoisotopic (exact) mass is 491 g/mol. The third-order valence-corrected chi connectivity index (χ3v) is 10.9. The van der Waals surface area contributed by atoms with Crippen LogP contribution < -0.4 is 10.0 Å². The molecular formula is C22H25N3O2S4. The number of anilines is 1. The topological polar surface area (TPSA) is 71.1 Å². The van der Waals surface area contributed by atoms with Crippen LogP contribution in [0.5, 0.6) is 0 Å². The third-order valence-electron chi connectivity index (χ3n) is 5.92. The minimum atomic E-state index is -3.36. The second-order valence-corrected chi connectivity index (χ2v) is 13.2. The number of aromatic nitrogens is 1. The number of thiazole rings is 1. The van der Waals surface area contributed by atoms with Gasteiger partial charge in [0.25, 0.3) is 0 Å². The summed E-state index contributed by atoms with van der Waals surface area (Å²) in [5, 5.41) is 6.48. The fraction of sp³-hybridized carbons (Fsp3) is 0.409. The zero-order valence-electron chi connectivity index (χ0n) is 17.0. The Hall–Kier alpha value is -1.39. The molecule has 2 aromatic heterocycles. The normalized spacial score (nSPS) is 21.2. The van der Waals surface area contributed by atoms with Gasteiger partial charge in [-0.3, -0.25) is 0 Å². The number of benzene rings is 1. The van der Waals surface area contributed by atoms with Gasteiger partial charge in [0.15, 0.2) is 5.13 Å². The Labute approximate surface area is 195 Å². The van der Waals surface area contributed by atoms with Crippen LogP contribution >= 0.6 is 34.4 Å². The number of aryl methyl sites for hydroxylation is 1. The summed E-state index contributed by atoms with van der Waals surface area (Å²) >= 11 is 4.97. The highest BCUT2D eigenvalue weighted by molar-refractivity contribution is 7.99. The number of rotatable bonds is 6. The van der Waals surface area contributed by atoms with Crippen molar-refractivity contribution in [3.63, 3.8) is 0 Å². The molecule has 5 rings (SSSR count). The van der Waals surface area contributed by atoms with Crippen molar-refractivity contribution in [3.05, 3.63) is 46.7 Å². The number of hydrogen-bond acceptors (Lipinski definition) is 7. The van der Waals surface area contributed by atoms with Crippen LogP contribution in [0.4, 0.5) is 5.13 Å². The Kier molecular flexibility index (Phi) is 6.39. The maximum absolute atomic E-state index is 12.3. The van der Waals surface area contributed by atoms with Crippen LogP contribution in [-0.2, 0) is 16.4 Å². The molecule has 31 heavy (non-hydrogen) atoms. The lowest BCUT2D eigenvalue weighted by Crippen LogP contribution is -2.33. The second-order valence-electron chi connectivity index (χ2n) is 8.03. The summed E-state index contributed by atoms with van der Waals surface area (Å²) < 4.78 is 27.8. The largest absolute Gasteiger partial charge is 0.359 e. The first kappa shape index (κ1) is 21.5. The molecule has 0 atom stereocenters. The minimum Gasteiger partial charge on any atom is -0.359 e. The number of sulfonamides is 1. The van der Waals surface area contributed by atoms with Crippen molar-refractivity contribution < 1.29 is 8.42 Å². The van der Waals surface area contributed by atoms with Gasteiger partial charge in [0.05, 0.1) is 5.69 Å². The van der Waals surface area contributed by atoms with Crippen molar-refractivity contribution in [2.75, 3.05) is 17.6 Å². The molecule has 0 amide bonds. The van der Waals surface area contributed by atoms with E-state index in [9.17, 15) is 8.42 Å². The van der Waals surface area contributed by atoms with Crippen molar-refractivity contribution in [1.29, 1.82) is 0 Å². The number of fused-ring (bicyclic) bond motifs is 3. The summed E-state index contributed by atoms with van der Waals surface area (Å²) in [5.74, 6) is 1.49. The van der Waals surface area contributed by atoms with Gasteiger partial charge in [-0.05, 0) is 55.5 Å². The summed E-state index contributed by atoms with van der Waals surface area (Å²) in [6.07, 6.45) is 5.19. The molecule has 1 aliphatic heterocycles. The molecular weight excluding hydrogens is 467 g/mol. The van der Waals surface area contributed by atoms with Crippen LogP contribution in [0.3, 0.4) is 0 Å². The van der Waals surface area contributed by atoms with Crippen molar-refractivity contribution in [3.8, 4) is 11.3 Å². The van der Waals surface area contributed by atoms with E-state index in [0.717, 1.165) is 48.7 Å². The first-order chi connectivity index (χ1) is 15.1. The number of thiophene rings is 1. The smallest absolute Gasteiger partial charge is 0.250 e. The molecule has 164 valence electrons. The first-order valence-electron chi connectivity index (χ1n) is 10.6. The summed E-state index contributed by atoms with van der Waals surface area (Å²) in [4.78, 5) is 7.66. The Morgan fingerprint density at radius 2 is 1.90 bits per heavy atom. The zero-order valence-corrected chi connectivity index (χ0v) is 20.3. The molecule has 0 radical (unpaired) electrons. The van der Waals surface area contributed by atoms with E-state index >= 15 is 0 Å². The zero-order chi connectivity index (χ0) is 21.3.